The molecule has 2 rings (SSSR count). The van der Waals surface area contributed by atoms with Gasteiger partial charge in [0.2, 0.25) is 11.8 Å². The van der Waals surface area contributed by atoms with Gasteiger partial charge in [0.05, 0.1) is 7.11 Å². The minimum absolute atomic E-state index is 0.0489. The second kappa shape index (κ2) is 10.2. The van der Waals surface area contributed by atoms with Crippen molar-refractivity contribution in [2.24, 2.45) is 0 Å². The summed E-state index contributed by atoms with van der Waals surface area (Å²) in [6.07, 6.45) is 1.08. The molecule has 0 bridgehead atoms. The first-order chi connectivity index (χ1) is 12.6. The van der Waals surface area contributed by atoms with Crippen LogP contribution in [0.3, 0.4) is 0 Å². The van der Waals surface area contributed by atoms with Crippen LogP contribution in [0, 0.1) is 0 Å². The van der Waals surface area contributed by atoms with Crippen LogP contribution in [0.1, 0.15) is 24.5 Å². The Balaban J connectivity index is 1.80. The van der Waals surface area contributed by atoms with Crippen molar-refractivity contribution >= 4 is 11.8 Å². The van der Waals surface area contributed by atoms with E-state index in [1.807, 2.05) is 54.6 Å². The van der Waals surface area contributed by atoms with Gasteiger partial charge in [-0.15, -0.1) is 0 Å². The number of amides is 2. The van der Waals surface area contributed by atoms with Crippen LogP contribution in [0.15, 0.2) is 54.6 Å². The second-order valence-corrected chi connectivity index (χ2v) is 6.09. The van der Waals surface area contributed by atoms with Gasteiger partial charge in [0, 0.05) is 38.5 Å². The molecule has 0 heterocycles. The van der Waals surface area contributed by atoms with E-state index < -0.39 is 0 Å². The fourth-order valence-corrected chi connectivity index (χ4v) is 2.70. The summed E-state index contributed by atoms with van der Waals surface area (Å²) in [5.41, 5.74) is 2.11. The predicted octanol–water partition coefficient (Wildman–Crippen LogP) is 2.79. The first-order valence-corrected chi connectivity index (χ1v) is 8.78. The van der Waals surface area contributed by atoms with E-state index in [0.29, 0.717) is 19.6 Å². The summed E-state index contributed by atoms with van der Waals surface area (Å²) in [4.78, 5) is 25.6. The highest BCUT2D eigenvalue weighted by Crippen LogP contribution is 2.19. The lowest BCUT2D eigenvalue weighted by molar-refractivity contribution is -0.130. The number of rotatable bonds is 9. The Morgan fingerprint density at radius 3 is 2.42 bits per heavy atom. The lowest BCUT2D eigenvalue weighted by Gasteiger charge is -2.22. The molecule has 5 nitrogen and oxygen atoms in total. The smallest absolute Gasteiger partial charge is 0.221 e. The van der Waals surface area contributed by atoms with Gasteiger partial charge >= 0.3 is 0 Å². The van der Waals surface area contributed by atoms with Gasteiger partial charge in [-0.2, -0.15) is 0 Å². The summed E-state index contributed by atoms with van der Waals surface area (Å²) in [7, 11) is 1.61. The Labute approximate surface area is 155 Å². The van der Waals surface area contributed by atoms with Crippen molar-refractivity contribution < 1.29 is 14.3 Å². The zero-order chi connectivity index (χ0) is 18.8. The molecule has 0 spiro atoms. The number of methoxy groups -OCH3 is 1. The number of nitrogens with zero attached hydrogens (tertiary/aromatic N) is 1. The van der Waals surface area contributed by atoms with E-state index in [9.17, 15) is 9.59 Å². The lowest BCUT2D eigenvalue weighted by atomic mass is 10.1. The minimum atomic E-state index is -0.0620. The van der Waals surface area contributed by atoms with Crippen LogP contribution in [-0.2, 0) is 22.6 Å². The molecular weight excluding hydrogens is 328 g/mol. The molecule has 26 heavy (non-hydrogen) atoms. The van der Waals surface area contributed by atoms with Gasteiger partial charge in [-0.05, 0) is 18.1 Å². The Hall–Kier alpha value is -2.82. The highest BCUT2D eigenvalue weighted by molar-refractivity contribution is 5.78. The molecule has 0 fully saturated rings. The van der Waals surface area contributed by atoms with Gasteiger partial charge < -0.3 is 15.0 Å². The van der Waals surface area contributed by atoms with Crippen molar-refractivity contribution in [2.75, 3.05) is 20.2 Å². The van der Waals surface area contributed by atoms with Crippen LogP contribution >= 0.6 is 0 Å². The largest absolute Gasteiger partial charge is 0.496 e. The number of carbonyl (C=O) groups excluding carboxylic acids is 2. The molecule has 0 aliphatic rings. The molecule has 0 saturated heterocycles. The quantitative estimate of drug-likeness (QED) is 0.753. The molecule has 1 N–H and O–H groups in total. The van der Waals surface area contributed by atoms with Crippen molar-refractivity contribution in [1.29, 1.82) is 0 Å². The van der Waals surface area contributed by atoms with Crippen molar-refractivity contribution in [1.82, 2.24) is 10.2 Å². The number of hydrogen-bond donors (Lipinski definition) is 1. The summed E-state index contributed by atoms with van der Waals surface area (Å²) in [6, 6.07) is 17.6. The molecule has 2 aromatic rings. The Kier molecular flexibility index (Phi) is 7.68. The molecule has 0 saturated carbocycles. The van der Waals surface area contributed by atoms with Gasteiger partial charge in [-0.3, -0.25) is 9.59 Å². The van der Waals surface area contributed by atoms with E-state index in [1.54, 1.807) is 12.0 Å². The molecule has 0 aliphatic heterocycles. The maximum Gasteiger partial charge on any atom is 0.221 e. The van der Waals surface area contributed by atoms with Crippen molar-refractivity contribution in [3.8, 4) is 5.75 Å². The van der Waals surface area contributed by atoms with E-state index in [-0.39, 0.29) is 18.2 Å². The van der Waals surface area contributed by atoms with Gasteiger partial charge in [-0.25, -0.2) is 0 Å². The van der Waals surface area contributed by atoms with E-state index in [2.05, 4.69) is 5.32 Å². The normalized spacial score (nSPS) is 10.2. The zero-order valence-electron chi connectivity index (χ0n) is 15.4. The highest BCUT2D eigenvalue weighted by Gasteiger charge is 2.14. The summed E-state index contributed by atoms with van der Waals surface area (Å²) in [6.45, 7) is 2.92. The SMILES string of the molecule is COc1ccccc1CN(CCC(=O)NCCc1ccccc1)C(C)=O. The zero-order valence-corrected chi connectivity index (χ0v) is 15.4. The van der Waals surface area contributed by atoms with Crippen LogP contribution in [-0.4, -0.2) is 36.9 Å². The van der Waals surface area contributed by atoms with Crippen LogP contribution in [0.2, 0.25) is 0 Å². The molecule has 0 radical (unpaired) electrons. The maximum atomic E-state index is 12.1. The van der Waals surface area contributed by atoms with Gasteiger partial charge in [0.25, 0.3) is 0 Å². The fourth-order valence-electron chi connectivity index (χ4n) is 2.70. The molecule has 0 aliphatic carbocycles. The molecule has 0 aromatic heterocycles. The first-order valence-electron chi connectivity index (χ1n) is 8.78. The lowest BCUT2D eigenvalue weighted by Crippen LogP contribution is -2.34. The molecule has 0 unspecified atom stereocenters. The van der Waals surface area contributed by atoms with Crippen LogP contribution in [0.5, 0.6) is 5.75 Å². The molecule has 2 amide bonds. The van der Waals surface area contributed by atoms with Gasteiger partial charge in [0.15, 0.2) is 0 Å². The number of ether oxygens (including phenoxy) is 1. The van der Waals surface area contributed by atoms with Crippen molar-refractivity contribution in [3.63, 3.8) is 0 Å². The summed E-state index contributed by atoms with van der Waals surface area (Å²) < 4.78 is 5.33. The highest BCUT2D eigenvalue weighted by atomic mass is 16.5. The summed E-state index contributed by atoms with van der Waals surface area (Å²) in [5, 5.41) is 2.91. The third kappa shape index (κ3) is 6.24. The predicted molar refractivity (Wildman–Crippen MR) is 102 cm³/mol. The van der Waals surface area contributed by atoms with Crippen LogP contribution in [0.25, 0.3) is 0 Å². The molecule has 5 heteroatoms. The summed E-state index contributed by atoms with van der Waals surface area (Å²) in [5.74, 6) is 0.631. The number of hydrogen-bond acceptors (Lipinski definition) is 3. The topological polar surface area (TPSA) is 58.6 Å². The average molecular weight is 354 g/mol. The average Bonchev–Trinajstić information content (AvgIpc) is 2.66. The Bertz CT molecular complexity index is 716. The number of carbonyl (C=O) groups is 2. The Morgan fingerprint density at radius 2 is 1.73 bits per heavy atom. The molecule has 138 valence electrons. The van der Waals surface area contributed by atoms with Crippen LogP contribution in [0.4, 0.5) is 0 Å². The van der Waals surface area contributed by atoms with Gasteiger partial charge in [0.1, 0.15) is 5.75 Å². The monoisotopic (exact) mass is 354 g/mol. The standard InChI is InChI=1S/C21H26N2O3/c1-17(24)23(16-19-10-6-7-11-20(19)26-2)15-13-21(25)22-14-12-18-8-4-3-5-9-18/h3-11H,12-16H2,1-2H3,(H,22,25). The fraction of sp³-hybridized carbons (Fsp3) is 0.333. The Morgan fingerprint density at radius 1 is 1.04 bits per heavy atom. The van der Waals surface area contributed by atoms with Crippen LogP contribution < -0.4 is 10.1 Å². The first kappa shape index (κ1) is 19.5. The molecule has 0 atom stereocenters. The second-order valence-electron chi connectivity index (χ2n) is 6.09. The van der Waals surface area contributed by atoms with E-state index in [4.69, 9.17) is 4.74 Å². The van der Waals surface area contributed by atoms with E-state index in [0.717, 1.165) is 17.7 Å². The number of nitrogens with one attached hydrogen (secondary N) is 1. The van der Waals surface area contributed by atoms with Crippen molar-refractivity contribution in [3.05, 3.63) is 65.7 Å². The maximum absolute atomic E-state index is 12.1. The third-order valence-electron chi connectivity index (χ3n) is 4.19. The number of benzene rings is 2. The minimum Gasteiger partial charge on any atom is -0.496 e. The summed E-state index contributed by atoms with van der Waals surface area (Å²) >= 11 is 0. The number of para-hydroxylation sites is 1. The van der Waals surface area contributed by atoms with E-state index in [1.165, 1.54) is 12.5 Å². The van der Waals surface area contributed by atoms with Gasteiger partial charge in [-0.1, -0.05) is 48.5 Å². The molecular formula is C21H26N2O3. The third-order valence-corrected chi connectivity index (χ3v) is 4.19. The molecule has 2 aromatic carbocycles. The van der Waals surface area contributed by atoms with Crippen molar-refractivity contribution in [2.45, 2.75) is 26.3 Å². The van der Waals surface area contributed by atoms with E-state index >= 15 is 0 Å².